The number of carboxylic acid groups (broad SMARTS) is 1. The molecule has 1 amide bonds. The Morgan fingerprint density at radius 2 is 1.92 bits per heavy atom. The van der Waals surface area contributed by atoms with E-state index < -0.39 is 17.7 Å². The largest absolute Gasteiger partial charge is 0.497 e. The predicted molar refractivity (Wildman–Crippen MR) is 89.6 cm³/mol. The molecule has 0 bridgehead atoms. The third-order valence-electron chi connectivity index (χ3n) is 4.51. The highest BCUT2D eigenvalue weighted by atomic mass is 19.1. The summed E-state index contributed by atoms with van der Waals surface area (Å²) in [5.41, 5.74) is 0.838. The first kappa shape index (κ1) is 17.0. The van der Waals surface area contributed by atoms with Crippen molar-refractivity contribution in [3.63, 3.8) is 0 Å². The maximum Gasteiger partial charge on any atom is 0.335 e. The van der Waals surface area contributed by atoms with E-state index in [1.807, 2.05) is 24.3 Å². The molecule has 1 N–H and O–H groups in total. The molecule has 0 aliphatic carbocycles. The Morgan fingerprint density at radius 1 is 1.20 bits per heavy atom. The lowest BCUT2D eigenvalue weighted by Gasteiger charge is -2.17. The summed E-state index contributed by atoms with van der Waals surface area (Å²) in [4.78, 5) is 25.0. The maximum absolute atomic E-state index is 14.1. The van der Waals surface area contributed by atoms with Crippen molar-refractivity contribution in [1.29, 1.82) is 0 Å². The predicted octanol–water partition coefficient (Wildman–Crippen LogP) is 3.16. The summed E-state index contributed by atoms with van der Waals surface area (Å²) in [5.74, 6) is -1.48. The second-order valence-corrected chi connectivity index (χ2v) is 6.01. The smallest absolute Gasteiger partial charge is 0.335 e. The van der Waals surface area contributed by atoms with Crippen molar-refractivity contribution in [2.45, 2.75) is 12.3 Å². The quantitative estimate of drug-likeness (QED) is 0.926. The molecule has 130 valence electrons. The second-order valence-electron chi connectivity index (χ2n) is 6.01. The van der Waals surface area contributed by atoms with E-state index in [9.17, 15) is 14.0 Å². The summed E-state index contributed by atoms with van der Waals surface area (Å²) in [5, 5.41) is 8.88. The third-order valence-corrected chi connectivity index (χ3v) is 4.51. The number of hydrogen-bond donors (Lipinski definition) is 1. The molecular formula is C19H18FNO4. The van der Waals surface area contributed by atoms with E-state index in [4.69, 9.17) is 9.84 Å². The molecule has 1 atom stereocenters. The molecule has 2 aromatic rings. The number of amides is 1. The fourth-order valence-electron chi connectivity index (χ4n) is 3.08. The van der Waals surface area contributed by atoms with Crippen molar-refractivity contribution in [1.82, 2.24) is 4.90 Å². The van der Waals surface area contributed by atoms with Crippen LogP contribution < -0.4 is 4.74 Å². The number of carbonyl (C=O) groups excluding carboxylic acids is 1. The highest BCUT2D eigenvalue weighted by molar-refractivity contribution is 5.96. The molecule has 1 saturated heterocycles. The molecule has 0 aromatic heterocycles. The zero-order chi connectivity index (χ0) is 18.0. The van der Waals surface area contributed by atoms with E-state index in [0.717, 1.165) is 23.8 Å². The molecule has 2 aromatic carbocycles. The van der Waals surface area contributed by atoms with Crippen LogP contribution in [0.5, 0.6) is 5.75 Å². The van der Waals surface area contributed by atoms with E-state index in [0.29, 0.717) is 13.1 Å². The van der Waals surface area contributed by atoms with Gasteiger partial charge in [0.2, 0.25) is 0 Å². The van der Waals surface area contributed by atoms with E-state index in [1.165, 1.54) is 12.1 Å². The number of hydrogen-bond acceptors (Lipinski definition) is 3. The van der Waals surface area contributed by atoms with Crippen LogP contribution in [0.3, 0.4) is 0 Å². The molecule has 0 spiro atoms. The number of rotatable bonds is 4. The molecule has 0 radical (unpaired) electrons. The second kappa shape index (κ2) is 6.93. The van der Waals surface area contributed by atoms with Crippen LogP contribution in [0.15, 0.2) is 42.5 Å². The van der Waals surface area contributed by atoms with Gasteiger partial charge in [-0.2, -0.15) is 0 Å². The number of halogens is 1. The Kier molecular flexibility index (Phi) is 4.70. The van der Waals surface area contributed by atoms with Gasteiger partial charge in [-0.25, -0.2) is 9.18 Å². The lowest BCUT2D eigenvalue weighted by molar-refractivity contribution is 0.0694. The summed E-state index contributed by atoms with van der Waals surface area (Å²) in [6.07, 6.45) is 0.799. The summed E-state index contributed by atoms with van der Waals surface area (Å²) in [7, 11) is 1.61. The van der Waals surface area contributed by atoms with Crippen LogP contribution in [0.1, 0.15) is 38.6 Å². The number of carbonyl (C=O) groups is 2. The van der Waals surface area contributed by atoms with Crippen molar-refractivity contribution in [3.05, 3.63) is 65.0 Å². The van der Waals surface area contributed by atoms with Gasteiger partial charge >= 0.3 is 5.97 Å². The highest BCUT2D eigenvalue weighted by Gasteiger charge is 2.29. The molecule has 1 heterocycles. The number of carboxylic acids is 1. The van der Waals surface area contributed by atoms with Crippen molar-refractivity contribution >= 4 is 11.9 Å². The normalized spacial score (nSPS) is 16.7. The SMILES string of the molecule is COc1ccc(C2CCN(C(=O)c3ccc(C(=O)O)cc3F)C2)cc1. The lowest BCUT2D eigenvalue weighted by atomic mass is 9.98. The minimum atomic E-state index is -1.22. The number of benzene rings is 2. The number of aromatic carboxylic acids is 1. The minimum absolute atomic E-state index is 0.0969. The number of ether oxygens (including phenoxy) is 1. The molecule has 25 heavy (non-hydrogen) atoms. The number of methoxy groups -OCH3 is 1. The first-order chi connectivity index (χ1) is 12.0. The molecular weight excluding hydrogens is 325 g/mol. The van der Waals surface area contributed by atoms with Crippen LogP contribution in [-0.2, 0) is 0 Å². The van der Waals surface area contributed by atoms with Crippen molar-refractivity contribution in [3.8, 4) is 5.75 Å². The van der Waals surface area contributed by atoms with Gasteiger partial charge in [0.15, 0.2) is 0 Å². The Hall–Kier alpha value is -2.89. The molecule has 1 aliphatic rings. The van der Waals surface area contributed by atoms with E-state index in [1.54, 1.807) is 12.0 Å². The van der Waals surface area contributed by atoms with Crippen LogP contribution in [0, 0.1) is 5.82 Å². The van der Waals surface area contributed by atoms with E-state index >= 15 is 0 Å². The first-order valence-corrected chi connectivity index (χ1v) is 7.95. The number of nitrogens with zero attached hydrogens (tertiary/aromatic N) is 1. The van der Waals surface area contributed by atoms with Crippen LogP contribution in [0.4, 0.5) is 4.39 Å². The van der Waals surface area contributed by atoms with Crippen LogP contribution >= 0.6 is 0 Å². The van der Waals surface area contributed by atoms with Gasteiger partial charge in [-0.05, 0) is 42.3 Å². The fraction of sp³-hybridized carbons (Fsp3) is 0.263. The topological polar surface area (TPSA) is 66.8 Å². The Morgan fingerprint density at radius 3 is 2.52 bits per heavy atom. The van der Waals surface area contributed by atoms with Gasteiger partial charge in [0, 0.05) is 19.0 Å². The van der Waals surface area contributed by atoms with Gasteiger partial charge in [0.1, 0.15) is 11.6 Å². The van der Waals surface area contributed by atoms with E-state index in [-0.39, 0.29) is 17.0 Å². The molecule has 1 aliphatic heterocycles. The summed E-state index contributed by atoms with van der Waals surface area (Å²) in [6, 6.07) is 11.1. The summed E-state index contributed by atoms with van der Waals surface area (Å²) >= 11 is 0. The zero-order valence-corrected chi connectivity index (χ0v) is 13.7. The third kappa shape index (κ3) is 3.47. The molecule has 0 saturated carbocycles. The van der Waals surface area contributed by atoms with Gasteiger partial charge in [-0.15, -0.1) is 0 Å². The molecule has 1 unspecified atom stereocenters. The standard InChI is InChI=1S/C19H18FNO4/c1-25-15-5-2-12(3-6-15)14-8-9-21(11-14)18(22)16-7-4-13(19(23)24)10-17(16)20/h2-7,10,14H,8-9,11H2,1H3,(H,23,24). The van der Waals surface area contributed by atoms with Gasteiger partial charge < -0.3 is 14.7 Å². The average molecular weight is 343 g/mol. The zero-order valence-electron chi connectivity index (χ0n) is 13.7. The van der Waals surface area contributed by atoms with Gasteiger partial charge in [0.05, 0.1) is 18.2 Å². The lowest BCUT2D eigenvalue weighted by Crippen LogP contribution is -2.29. The minimum Gasteiger partial charge on any atom is -0.497 e. The van der Waals surface area contributed by atoms with Crippen LogP contribution in [-0.4, -0.2) is 42.1 Å². The van der Waals surface area contributed by atoms with Gasteiger partial charge in [-0.3, -0.25) is 4.79 Å². The number of likely N-dealkylation sites (tertiary alicyclic amines) is 1. The van der Waals surface area contributed by atoms with Gasteiger partial charge in [-0.1, -0.05) is 12.1 Å². The maximum atomic E-state index is 14.1. The van der Waals surface area contributed by atoms with Crippen molar-refractivity contribution in [2.75, 3.05) is 20.2 Å². The van der Waals surface area contributed by atoms with Crippen molar-refractivity contribution in [2.24, 2.45) is 0 Å². The average Bonchev–Trinajstić information content (AvgIpc) is 3.11. The monoisotopic (exact) mass is 343 g/mol. The molecule has 6 heteroatoms. The summed E-state index contributed by atoms with van der Waals surface area (Å²) < 4.78 is 19.2. The fourth-order valence-corrected chi connectivity index (χ4v) is 3.08. The Labute approximate surface area is 144 Å². The Bertz CT molecular complexity index is 804. The van der Waals surface area contributed by atoms with Crippen LogP contribution in [0.2, 0.25) is 0 Å². The van der Waals surface area contributed by atoms with Crippen LogP contribution in [0.25, 0.3) is 0 Å². The molecule has 3 rings (SSSR count). The van der Waals surface area contributed by atoms with Crippen molar-refractivity contribution < 1.29 is 23.8 Å². The molecule has 5 nitrogen and oxygen atoms in total. The Balaban J connectivity index is 1.73. The highest BCUT2D eigenvalue weighted by Crippen LogP contribution is 2.29. The summed E-state index contributed by atoms with van der Waals surface area (Å²) in [6.45, 7) is 1.04. The first-order valence-electron chi connectivity index (χ1n) is 7.95. The molecule has 1 fully saturated rings. The van der Waals surface area contributed by atoms with E-state index in [2.05, 4.69) is 0 Å². The van der Waals surface area contributed by atoms with Gasteiger partial charge in [0.25, 0.3) is 5.91 Å².